The Kier molecular flexibility index (Phi) is 4.33. The molecule has 1 atom stereocenters. The molecule has 0 saturated heterocycles. The van der Waals surface area contributed by atoms with Crippen LogP contribution in [0.4, 0.5) is 0 Å². The minimum absolute atomic E-state index is 0.264. The lowest BCUT2D eigenvalue weighted by Crippen LogP contribution is -2.26. The van der Waals surface area contributed by atoms with Crippen molar-refractivity contribution in [3.63, 3.8) is 0 Å². The molecule has 0 amide bonds. The molecule has 2 nitrogen and oxygen atoms in total. The maximum absolute atomic E-state index is 10.7. The van der Waals surface area contributed by atoms with Gasteiger partial charge in [-0.05, 0) is 32.1 Å². The minimum Gasteiger partial charge on any atom is -0.478 e. The van der Waals surface area contributed by atoms with Gasteiger partial charge in [-0.25, -0.2) is 4.79 Å². The topological polar surface area (TPSA) is 37.3 Å². The van der Waals surface area contributed by atoms with E-state index < -0.39 is 5.97 Å². The molecule has 0 saturated carbocycles. The second-order valence-corrected chi connectivity index (χ2v) is 5.49. The molecule has 0 spiro atoms. The zero-order chi connectivity index (χ0) is 13.1. The van der Waals surface area contributed by atoms with Crippen molar-refractivity contribution in [2.24, 2.45) is 11.3 Å². The van der Waals surface area contributed by atoms with E-state index in [1.165, 1.54) is 12.0 Å². The summed E-state index contributed by atoms with van der Waals surface area (Å²) in [7, 11) is 0. The van der Waals surface area contributed by atoms with Crippen LogP contribution in [0.25, 0.3) is 0 Å². The van der Waals surface area contributed by atoms with E-state index in [4.69, 9.17) is 5.11 Å². The second kappa shape index (κ2) is 5.35. The van der Waals surface area contributed by atoms with Gasteiger partial charge >= 0.3 is 5.97 Å². The summed E-state index contributed by atoms with van der Waals surface area (Å²) >= 11 is 0. The predicted octanol–water partition coefficient (Wildman–Crippen LogP) is 3.96. The van der Waals surface area contributed by atoms with Crippen molar-refractivity contribution in [2.75, 3.05) is 0 Å². The summed E-state index contributed by atoms with van der Waals surface area (Å²) in [5.41, 5.74) is 2.02. The number of hydrogen-bond donors (Lipinski definition) is 1. The van der Waals surface area contributed by atoms with E-state index in [0.29, 0.717) is 11.5 Å². The molecule has 0 aromatic heterocycles. The van der Waals surface area contributed by atoms with Crippen molar-refractivity contribution in [2.45, 2.75) is 40.5 Å². The fourth-order valence-corrected chi connectivity index (χ4v) is 2.37. The van der Waals surface area contributed by atoms with Crippen LogP contribution in [-0.2, 0) is 4.79 Å². The summed E-state index contributed by atoms with van der Waals surface area (Å²) in [6.45, 7) is 8.31. The molecule has 2 heteroatoms. The Balaban J connectivity index is 2.82. The average Bonchev–Trinajstić information content (AvgIpc) is 2.21. The third-order valence-corrected chi connectivity index (χ3v) is 3.57. The molecule has 94 valence electrons. The molecule has 0 aromatic carbocycles. The van der Waals surface area contributed by atoms with Crippen LogP contribution in [-0.4, -0.2) is 11.1 Å². The second-order valence-electron chi connectivity index (χ2n) is 5.49. The van der Waals surface area contributed by atoms with Gasteiger partial charge in [-0.3, -0.25) is 0 Å². The van der Waals surface area contributed by atoms with Crippen molar-refractivity contribution < 1.29 is 9.90 Å². The summed E-state index contributed by atoms with van der Waals surface area (Å²) in [4.78, 5) is 10.7. The normalized spacial score (nSPS) is 24.8. The van der Waals surface area contributed by atoms with E-state index in [-0.39, 0.29) is 5.41 Å². The maximum Gasteiger partial charge on any atom is 0.331 e. The highest BCUT2D eigenvalue weighted by Gasteiger charge is 2.30. The predicted molar refractivity (Wildman–Crippen MR) is 70.8 cm³/mol. The number of carbonyl (C=O) groups is 1. The van der Waals surface area contributed by atoms with E-state index in [1.54, 1.807) is 13.0 Å². The third-order valence-electron chi connectivity index (χ3n) is 3.57. The number of aliphatic carboxylic acids is 1. The summed E-state index contributed by atoms with van der Waals surface area (Å²) in [5.74, 6) is -0.445. The van der Waals surface area contributed by atoms with E-state index in [1.807, 2.05) is 6.08 Å². The molecule has 17 heavy (non-hydrogen) atoms. The highest BCUT2D eigenvalue weighted by atomic mass is 16.4. The Morgan fingerprint density at radius 2 is 2.18 bits per heavy atom. The molecule has 1 N–H and O–H groups in total. The number of carboxylic acid groups (broad SMARTS) is 1. The van der Waals surface area contributed by atoms with Crippen LogP contribution in [0.2, 0.25) is 0 Å². The molecular formula is C15H22O2. The molecular weight excluding hydrogens is 212 g/mol. The summed E-state index contributed by atoms with van der Waals surface area (Å²) < 4.78 is 0. The van der Waals surface area contributed by atoms with Crippen LogP contribution >= 0.6 is 0 Å². The first-order chi connectivity index (χ1) is 7.84. The van der Waals surface area contributed by atoms with E-state index in [9.17, 15) is 4.79 Å². The molecule has 1 unspecified atom stereocenters. The lowest BCUT2D eigenvalue weighted by molar-refractivity contribution is -0.132. The lowest BCUT2D eigenvalue weighted by atomic mass is 9.68. The molecule has 0 bridgehead atoms. The smallest absolute Gasteiger partial charge is 0.331 e. The minimum atomic E-state index is -0.857. The Hall–Kier alpha value is -1.31. The Labute approximate surface area is 104 Å². The van der Waals surface area contributed by atoms with E-state index >= 15 is 0 Å². The maximum atomic E-state index is 10.7. The van der Waals surface area contributed by atoms with Gasteiger partial charge in [-0.2, -0.15) is 0 Å². The fraction of sp³-hybridized carbons (Fsp3) is 0.533. The van der Waals surface area contributed by atoms with E-state index in [0.717, 1.165) is 6.42 Å². The van der Waals surface area contributed by atoms with Gasteiger partial charge in [0, 0.05) is 11.5 Å². The third kappa shape index (κ3) is 3.58. The quantitative estimate of drug-likeness (QED) is 0.456. The van der Waals surface area contributed by atoms with Gasteiger partial charge < -0.3 is 5.11 Å². The summed E-state index contributed by atoms with van der Waals surface area (Å²) in [6, 6.07) is 0. The first-order valence-corrected chi connectivity index (χ1v) is 6.09. The molecule has 0 radical (unpaired) electrons. The van der Waals surface area contributed by atoms with Crippen LogP contribution in [0.5, 0.6) is 0 Å². The highest BCUT2D eigenvalue weighted by molar-refractivity contribution is 5.86. The molecule has 1 aliphatic carbocycles. The van der Waals surface area contributed by atoms with Gasteiger partial charge in [0.15, 0.2) is 0 Å². The monoisotopic (exact) mass is 234 g/mol. The molecule has 0 fully saturated rings. The van der Waals surface area contributed by atoms with Gasteiger partial charge in [0.2, 0.25) is 0 Å². The number of carboxylic acids is 1. The van der Waals surface area contributed by atoms with Crippen LogP contribution in [0, 0.1) is 11.3 Å². The summed E-state index contributed by atoms with van der Waals surface area (Å²) in [6.07, 6.45) is 10.3. The first kappa shape index (κ1) is 13.8. The zero-order valence-electron chi connectivity index (χ0n) is 11.2. The van der Waals surface area contributed by atoms with Crippen molar-refractivity contribution in [1.29, 1.82) is 0 Å². The number of hydrogen-bond acceptors (Lipinski definition) is 1. The number of rotatable bonds is 3. The largest absolute Gasteiger partial charge is 0.478 e. The SMILES string of the molecule is CC(=CC=CC1C(C)=CCCC1(C)C)C(=O)O. The van der Waals surface area contributed by atoms with Gasteiger partial charge in [0.05, 0.1) is 0 Å². The molecule has 0 aromatic rings. The average molecular weight is 234 g/mol. The Morgan fingerprint density at radius 3 is 2.71 bits per heavy atom. The molecule has 1 aliphatic rings. The molecule has 1 rings (SSSR count). The Morgan fingerprint density at radius 1 is 1.53 bits per heavy atom. The molecule has 0 aliphatic heterocycles. The lowest BCUT2D eigenvalue weighted by Gasteiger charge is -2.36. The van der Waals surface area contributed by atoms with Gasteiger partial charge in [-0.1, -0.05) is 43.7 Å². The van der Waals surface area contributed by atoms with Crippen LogP contribution in [0.15, 0.2) is 35.5 Å². The highest BCUT2D eigenvalue weighted by Crippen LogP contribution is 2.41. The van der Waals surface area contributed by atoms with Crippen LogP contribution < -0.4 is 0 Å². The standard InChI is InChI=1S/C15H22O2/c1-11-8-6-10-15(3,4)13(11)9-5-7-12(2)14(16)17/h5,7-9,13H,6,10H2,1-4H3,(H,16,17). The van der Waals surface area contributed by atoms with Crippen molar-refractivity contribution >= 4 is 5.97 Å². The first-order valence-electron chi connectivity index (χ1n) is 6.09. The number of allylic oxidation sites excluding steroid dienone is 5. The van der Waals surface area contributed by atoms with Crippen LogP contribution in [0.1, 0.15) is 40.5 Å². The molecule has 0 heterocycles. The van der Waals surface area contributed by atoms with Gasteiger partial charge in [-0.15, -0.1) is 0 Å². The zero-order valence-corrected chi connectivity index (χ0v) is 11.2. The fourth-order valence-electron chi connectivity index (χ4n) is 2.37. The van der Waals surface area contributed by atoms with Gasteiger partial charge in [0.1, 0.15) is 0 Å². The van der Waals surface area contributed by atoms with E-state index in [2.05, 4.69) is 32.9 Å². The van der Waals surface area contributed by atoms with Gasteiger partial charge in [0.25, 0.3) is 0 Å². The van der Waals surface area contributed by atoms with Crippen molar-refractivity contribution in [3.05, 3.63) is 35.5 Å². The van der Waals surface area contributed by atoms with Crippen molar-refractivity contribution in [1.82, 2.24) is 0 Å². The van der Waals surface area contributed by atoms with Crippen molar-refractivity contribution in [3.8, 4) is 0 Å². The van der Waals surface area contributed by atoms with Crippen LogP contribution in [0.3, 0.4) is 0 Å². The summed E-state index contributed by atoms with van der Waals surface area (Å²) in [5, 5.41) is 8.76. The Bertz CT molecular complexity index is 384.